The molecule has 0 saturated heterocycles. The average Bonchev–Trinajstić information content (AvgIpc) is 2.46. The first-order valence-corrected chi connectivity index (χ1v) is 6.19. The molecule has 0 spiro atoms. The van der Waals surface area contributed by atoms with Crippen LogP contribution in [0.25, 0.3) is 0 Å². The van der Waals surface area contributed by atoms with Crippen LogP contribution in [0, 0.1) is 0 Å². The minimum atomic E-state index is 0.0961. The molecule has 2 N–H and O–H groups in total. The molecule has 0 heterocycles. The number of aryl methyl sites for hydroxylation is 2. The zero-order chi connectivity index (χ0) is 12.8. The standard InChI is InChI=1S/C16H18O2/c17-11-15-8-5-13(6-9-15)4-7-14-2-1-3-16(10-14)12-18/h1-3,5-6,8-10,17-18H,4,7,11-12H2. The molecule has 0 aliphatic rings. The van der Waals surface area contributed by atoms with Crippen LogP contribution < -0.4 is 0 Å². The number of hydrogen-bond donors (Lipinski definition) is 2. The van der Waals surface area contributed by atoms with Crippen molar-refractivity contribution in [2.24, 2.45) is 0 Å². The highest BCUT2D eigenvalue weighted by atomic mass is 16.3. The summed E-state index contributed by atoms with van der Waals surface area (Å²) >= 11 is 0. The fourth-order valence-electron chi connectivity index (χ4n) is 1.98. The molecule has 94 valence electrons. The molecule has 2 rings (SSSR count). The maximum Gasteiger partial charge on any atom is 0.0681 e. The molecular formula is C16H18O2. The van der Waals surface area contributed by atoms with Crippen molar-refractivity contribution in [3.63, 3.8) is 0 Å². The van der Waals surface area contributed by atoms with Gasteiger partial charge >= 0.3 is 0 Å². The van der Waals surface area contributed by atoms with Gasteiger partial charge in [0.2, 0.25) is 0 Å². The first-order valence-electron chi connectivity index (χ1n) is 6.19. The highest BCUT2D eigenvalue weighted by molar-refractivity contribution is 5.26. The highest BCUT2D eigenvalue weighted by Crippen LogP contribution is 2.11. The predicted molar refractivity (Wildman–Crippen MR) is 72.1 cm³/mol. The SMILES string of the molecule is OCc1ccc(CCc2cccc(CO)c2)cc1. The van der Waals surface area contributed by atoms with E-state index in [-0.39, 0.29) is 13.2 Å². The van der Waals surface area contributed by atoms with Gasteiger partial charge < -0.3 is 10.2 Å². The van der Waals surface area contributed by atoms with Crippen LogP contribution in [0.4, 0.5) is 0 Å². The Labute approximate surface area is 108 Å². The van der Waals surface area contributed by atoms with Gasteiger partial charge in [0.15, 0.2) is 0 Å². The Balaban J connectivity index is 1.97. The molecule has 0 radical (unpaired) electrons. The van der Waals surface area contributed by atoms with E-state index in [0.717, 1.165) is 24.0 Å². The maximum atomic E-state index is 9.08. The van der Waals surface area contributed by atoms with Gasteiger partial charge in [0, 0.05) is 0 Å². The van der Waals surface area contributed by atoms with Gasteiger partial charge in [-0.1, -0.05) is 48.5 Å². The molecule has 0 aliphatic heterocycles. The smallest absolute Gasteiger partial charge is 0.0681 e. The maximum absolute atomic E-state index is 9.08. The van der Waals surface area contributed by atoms with Crippen LogP contribution in [0.1, 0.15) is 22.3 Å². The van der Waals surface area contributed by atoms with Gasteiger partial charge in [-0.15, -0.1) is 0 Å². The van der Waals surface area contributed by atoms with Gasteiger partial charge in [-0.2, -0.15) is 0 Å². The highest BCUT2D eigenvalue weighted by Gasteiger charge is 1.98. The summed E-state index contributed by atoms with van der Waals surface area (Å²) in [6.07, 6.45) is 1.94. The van der Waals surface area contributed by atoms with Gasteiger partial charge in [0.05, 0.1) is 13.2 Å². The Morgan fingerprint density at radius 2 is 1.17 bits per heavy atom. The lowest BCUT2D eigenvalue weighted by Crippen LogP contribution is -1.93. The third kappa shape index (κ3) is 3.42. The third-order valence-electron chi connectivity index (χ3n) is 3.08. The van der Waals surface area contributed by atoms with Crippen molar-refractivity contribution in [1.29, 1.82) is 0 Å². The van der Waals surface area contributed by atoms with Crippen LogP contribution in [0.5, 0.6) is 0 Å². The predicted octanol–water partition coefficient (Wildman–Crippen LogP) is 2.46. The van der Waals surface area contributed by atoms with Gasteiger partial charge in [-0.25, -0.2) is 0 Å². The van der Waals surface area contributed by atoms with Crippen LogP contribution in [0.15, 0.2) is 48.5 Å². The van der Waals surface area contributed by atoms with E-state index < -0.39 is 0 Å². The van der Waals surface area contributed by atoms with Crippen LogP contribution in [0.2, 0.25) is 0 Å². The summed E-state index contributed by atoms with van der Waals surface area (Å²) in [6, 6.07) is 16.1. The van der Waals surface area contributed by atoms with Crippen molar-refractivity contribution in [2.75, 3.05) is 0 Å². The fourth-order valence-corrected chi connectivity index (χ4v) is 1.98. The molecule has 2 aromatic carbocycles. The summed E-state index contributed by atoms with van der Waals surface area (Å²) in [6.45, 7) is 0.192. The molecule has 2 heteroatoms. The third-order valence-corrected chi connectivity index (χ3v) is 3.08. The van der Waals surface area contributed by atoms with Crippen molar-refractivity contribution in [1.82, 2.24) is 0 Å². The van der Waals surface area contributed by atoms with Crippen molar-refractivity contribution in [3.05, 3.63) is 70.8 Å². The zero-order valence-corrected chi connectivity index (χ0v) is 10.3. The molecule has 0 atom stereocenters. The van der Waals surface area contributed by atoms with Crippen LogP contribution in [-0.4, -0.2) is 10.2 Å². The molecule has 0 bridgehead atoms. The quantitative estimate of drug-likeness (QED) is 0.845. The second-order valence-corrected chi connectivity index (χ2v) is 4.45. The number of benzene rings is 2. The first-order chi connectivity index (χ1) is 8.81. The van der Waals surface area contributed by atoms with E-state index in [1.54, 1.807) is 0 Å². The van der Waals surface area contributed by atoms with Gasteiger partial charge in [-0.05, 0) is 35.1 Å². The lowest BCUT2D eigenvalue weighted by Gasteiger charge is -2.05. The zero-order valence-electron chi connectivity index (χ0n) is 10.3. The Morgan fingerprint density at radius 3 is 1.83 bits per heavy atom. The Hall–Kier alpha value is -1.64. The molecule has 2 aromatic rings. The fraction of sp³-hybridized carbons (Fsp3) is 0.250. The summed E-state index contributed by atoms with van der Waals surface area (Å²) < 4.78 is 0. The van der Waals surface area contributed by atoms with Crippen LogP contribution in [0.3, 0.4) is 0 Å². The van der Waals surface area contributed by atoms with Crippen molar-refractivity contribution < 1.29 is 10.2 Å². The van der Waals surface area contributed by atoms with Crippen LogP contribution >= 0.6 is 0 Å². The molecule has 0 aliphatic carbocycles. The molecule has 0 amide bonds. The number of rotatable bonds is 5. The van der Waals surface area contributed by atoms with E-state index in [0.29, 0.717) is 0 Å². The number of aliphatic hydroxyl groups excluding tert-OH is 2. The molecule has 0 saturated carbocycles. The van der Waals surface area contributed by atoms with E-state index in [4.69, 9.17) is 10.2 Å². The summed E-state index contributed by atoms with van der Waals surface area (Å²) in [4.78, 5) is 0. The van der Waals surface area contributed by atoms with Crippen molar-refractivity contribution in [2.45, 2.75) is 26.1 Å². The minimum Gasteiger partial charge on any atom is -0.392 e. The Kier molecular flexibility index (Phi) is 4.51. The lowest BCUT2D eigenvalue weighted by molar-refractivity contribution is 0.281. The van der Waals surface area contributed by atoms with Gasteiger partial charge in [0.25, 0.3) is 0 Å². The van der Waals surface area contributed by atoms with Crippen LogP contribution in [-0.2, 0) is 26.1 Å². The molecular weight excluding hydrogens is 224 g/mol. The first kappa shape index (κ1) is 12.8. The molecule has 18 heavy (non-hydrogen) atoms. The lowest BCUT2D eigenvalue weighted by atomic mass is 10.0. The van der Waals surface area contributed by atoms with E-state index >= 15 is 0 Å². The van der Waals surface area contributed by atoms with E-state index in [9.17, 15) is 0 Å². The van der Waals surface area contributed by atoms with E-state index in [2.05, 4.69) is 18.2 Å². The topological polar surface area (TPSA) is 40.5 Å². The molecule has 2 nitrogen and oxygen atoms in total. The largest absolute Gasteiger partial charge is 0.392 e. The summed E-state index contributed by atoms with van der Waals surface area (Å²) in [5.74, 6) is 0. The molecule has 0 fully saturated rings. The second kappa shape index (κ2) is 6.34. The van der Waals surface area contributed by atoms with Crippen molar-refractivity contribution >= 4 is 0 Å². The normalized spacial score (nSPS) is 10.6. The second-order valence-electron chi connectivity index (χ2n) is 4.45. The van der Waals surface area contributed by atoms with E-state index in [1.165, 1.54) is 11.1 Å². The van der Waals surface area contributed by atoms with Crippen molar-refractivity contribution in [3.8, 4) is 0 Å². The Morgan fingerprint density at radius 1 is 0.611 bits per heavy atom. The number of hydrogen-bond acceptors (Lipinski definition) is 2. The molecule has 0 unspecified atom stereocenters. The van der Waals surface area contributed by atoms with Gasteiger partial charge in [-0.3, -0.25) is 0 Å². The summed E-state index contributed by atoms with van der Waals surface area (Å²) in [7, 11) is 0. The monoisotopic (exact) mass is 242 g/mol. The van der Waals surface area contributed by atoms with Gasteiger partial charge in [0.1, 0.15) is 0 Å². The number of aliphatic hydroxyl groups is 2. The Bertz CT molecular complexity index is 489. The summed E-state index contributed by atoms with van der Waals surface area (Å²) in [5, 5.41) is 18.1. The molecule has 0 aromatic heterocycles. The van der Waals surface area contributed by atoms with E-state index in [1.807, 2.05) is 30.3 Å². The average molecular weight is 242 g/mol. The minimum absolute atomic E-state index is 0.0961. The summed E-state index contributed by atoms with van der Waals surface area (Å²) in [5.41, 5.74) is 4.42.